The first-order valence-electron chi connectivity index (χ1n) is 6.13. The van der Waals surface area contributed by atoms with Gasteiger partial charge < -0.3 is 14.8 Å². The Morgan fingerprint density at radius 1 is 1.20 bits per heavy atom. The van der Waals surface area contributed by atoms with Crippen molar-refractivity contribution in [3.8, 4) is 5.75 Å². The summed E-state index contributed by atoms with van der Waals surface area (Å²) in [6.45, 7) is 0. The van der Waals surface area contributed by atoms with Crippen LogP contribution >= 0.6 is 0 Å². The minimum atomic E-state index is -0.595. The lowest BCUT2D eigenvalue weighted by molar-refractivity contribution is -0.141. The van der Waals surface area contributed by atoms with Crippen molar-refractivity contribution in [2.75, 3.05) is 19.5 Å². The highest BCUT2D eigenvalue weighted by Gasteiger charge is 2.21. The van der Waals surface area contributed by atoms with Gasteiger partial charge in [0.1, 0.15) is 5.75 Å². The minimum Gasteiger partial charge on any atom is -0.497 e. The van der Waals surface area contributed by atoms with Crippen molar-refractivity contribution in [2.45, 2.75) is 6.04 Å². The fourth-order valence-corrected chi connectivity index (χ4v) is 1.80. The van der Waals surface area contributed by atoms with E-state index in [4.69, 9.17) is 9.47 Å². The van der Waals surface area contributed by atoms with Gasteiger partial charge in [0, 0.05) is 23.6 Å². The summed E-state index contributed by atoms with van der Waals surface area (Å²) in [6, 6.07) is 10.3. The lowest BCUT2D eigenvalue weighted by Crippen LogP contribution is -2.22. The molecule has 0 aliphatic heterocycles. The predicted octanol–water partition coefficient (Wildman–Crippen LogP) is 2.42. The Labute approximate surface area is 117 Å². The van der Waals surface area contributed by atoms with Crippen LogP contribution in [-0.2, 0) is 9.53 Å². The summed E-state index contributed by atoms with van der Waals surface area (Å²) >= 11 is 0. The SMILES string of the molecule is COC(=O)[C@H](Nc1ccc(OC)cc1)c1cccnc1. The fourth-order valence-electron chi connectivity index (χ4n) is 1.80. The quantitative estimate of drug-likeness (QED) is 0.847. The predicted molar refractivity (Wildman–Crippen MR) is 75.6 cm³/mol. The Bertz CT molecular complexity index is 555. The van der Waals surface area contributed by atoms with Gasteiger partial charge in [0.2, 0.25) is 0 Å². The number of carbonyl (C=O) groups excluding carboxylic acids is 1. The second-order valence-electron chi connectivity index (χ2n) is 4.12. The van der Waals surface area contributed by atoms with Crippen molar-refractivity contribution in [3.05, 3.63) is 54.4 Å². The van der Waals surface area contributed by atoms with Crippen molar-refractivity contribution < 1.29 is 14.3 Å². The monoisotopic (exact) mass is 272 g/mol. The van der Waals surface area contributed by atoms with E-state index in [0.29, 0.717) is 0 Å². The number of benzene rings is 1. The van der Waals surface area contributed by atoms with E-state index in [0.717, 1.165) is 17.0 Å². The van der Waals surface area contributed by atoms with Crippen molar-refractivity contribution >= 4 is 11.7 Å². The molecule has 1 aromatic heterocycles. The van der Waals surface area contributed by atoms with E-state index in [-0.39, 0.29) is 5.97 Å². The highest BCUT2D eigenvalue weighted by Crippen LogP contribution is 2.22. The maximum Gasteiger partial charge on any atom is 0.333 e. The molecule has 0 aliphatic rings. The summed E-state index contributed by atoms with van der Waals surface area (Å²) in [7, 11) is 2.97. The number of hydrogen-bond donors (Lipinski definition) is 1. The Hall–Kier alpha value is -2.56. The van der Waals surface area contributed by atoms with E-state index in [1.807, 2.05) is 30.3 Å². The van der Waals surface area contributed by atoms with Gasteiger partial charge in [-0.1, -0.05) is 6.07 Å². The number of methoxy groups -OCH3 is 2. The average Bonchev–Trinajstić information content (AvgIpc) is 2.53. The molecule has 0 bridgehead atoms. The molecule has 2 rings (SSSR count). The number of esters is 1. The summed E-state index contributed by atoms with van der Waals surface area (Å²) in [5.41, 5.74) is 1.54. The second kappa shape index (κ2) is 6.56. The lowest BCUT2D eigenvalue weighted by atomic mass is 10.1. The molecule has 1 atom stereocenters. The number of carbonyl (C=O) groups is 1. The van der Waals surface area contributed by atoms with E-state index in [9.17, 15) is 4.79 Å². The van der Waals surface area contributed by atoms with Gasteiger partial charge in [0.05, 0.1) is 14.2 Å². The minimum absolute atomic E-state index is 0.367. The molecule has 5 nitrogen and oxygen atoms in total. The molecule has 0 fully saturated rings. The molecule has 0 saturated carbocycles. The molecule has 1 heterocycles. The first-order valence-corrected chi connectivity index (χ1v) is 6.13. The zero-order valence-corrected chi connectivity index (χ0v) is 11.4. The van der Waals surface area contributed by atoms with Gasteiger partial charge in [-0.2, -0.15) is 0 Å². The first-order chi connectivity index (χ1) is 9.74. The van der Waals surface area contributed by atoms with E-state index in [1.165, 1.54) is 7.11 Å². The number of rotatable bonds is 5. The average molecular weight is 272 g/mol. The molecular weight excluding hydrogens is 256 g/mol. The lowest BCUT2D eigenvalue weighted by Gasteiger charge is -2.17. The normalized spacial score (nSPS) is 11.5. The summed E-state index contributed by atoms with van der Waals surface area (Å²) in [6.07, 6.45) is 3.29. The van der Waals surface area contributed by atoms with Gasteiger partial charge in [0.25, 0.3) is 0 Å². The van der Waals surface area contributed by atoms with Crippen LogP contribution < -0.4 is 10.1 Å². The number of pyridine rings is 1. The van der Waals surface area contributed by atoms with E-state index < -0.39 is 6.04 Å². The number of anilines is 1. The van der Waals surface area contributed by atoms with Crippen molar-refractivity contribution in [2.24, 2.45) is 0 Å². The van der Waals surface area contributed by atoms with Crippen LogP contribution in [0.3, 0.4) is 0 Å². The fraction of sp³-hybridized carbons (Fsp3) is 0.200. The molecule has 0 saturated heterocycles. The Kier molecular flexibility index (Phi) is 4.55. The van der Waals surface area contributed by atoms with Crippen LogP contribution in [0.25, 0.3) is 0 Å². The molecule has 0 amide bonds. The van der Waals surface area contributed by atoms with E-state index >= 15 is 0 Å². The number of nitrogens with zero attached hydrogens (tertiary/aromatic N) is 1. The molecule has 20 heavy (non-hydrogen) atoms. The molecular formula is C15H16N2O3. The summed E-state index contributed by atoms with van der Waals surface area (Å²) < 4.78 is 9.93. The maximum absolute atomic E-state index is 11.9. The number of hydrogen-bond acceptors (Lipinski definition) is 5. The topological polar surface area (TPSA) is 60.5 Å². The molecule has 0 radical (unpaired) electrons. The third kappa shape index (κ3) is 3.26. The molecule has 104 valence electrons. The molecule has 0 unspecified atom stereocenters. The van der Waals surface area contributed by atoms with Crippen LogP contribution in [0.5, 0.6) is 5.75 Å². The molecule has 5 heteroatoms. The molecule has 1 N–H and O–H groups in total. The van der Waals surface area contributed by atoms with E-state index in [1.54, 1.807) is 25.6 Å². The van der Waals surface area contributed by atoms with Crippen LogP contribution in [0.15, 0.2) is 48.8 Å². The molecule has 0 aliphatic carbocycles. The Morgan fingerprint density at radius 2 is 1.95 bits per heavy atom. The molecule has 0 spiro atoms. The zero-order valence-electron chi connectivity index (χ0n) is 11.4. The highest BCUT2D eigenvalue weighted by atomic mass is 16.5. The van der Waals surface area contributed by atoms with Crippen molar-refractivity contribution in [1.29, 1.82) is 0 Å². The van der Waals surface area contributed by atoms with Crippen LogP contribution in [0.4, 0.5) is 5.69 Å². The number of nitrogens with one attached hydrogen (secondary N) is 1. The molecule has 2 aromatic rings. The van der Waals surface area contributed by atoms with Gasteiger partial charge in [0.15, 0.2) is 6.04 Å². The van der Waals surface area contributed by atoms with Gasteiger partial charge in [-0.3, -0.25) is 4.98 Å². The molecule has 1 aromatic carbocycles. The summed E-state index contributed by atoms with van der Waals surface area (Å²) in [4.78, 5) is 15.9. The second-order valence-corrected chi connectivity index (χ2v) is 4.12. The van der Waals surface area contributed by atoms with Gasteiger partial charge in [-0.05, 0) is 30.3 Å². The first kappa shape index (κ1) is 13.9. The van der Waals surface area contributed by atoms with Gasteiger partial charge in [-0.15, -0.1) is 0 Å². The van der Waals surface area contributed by atoms with E-state index in [2.05, 4.69) is 10.3 Å². The number of ether oxygens (including phenoxy) is 2. The van der Waals surface area contributed by atoms with Crippen molar-refractivity contribution in [1.82, 2.24) is 4.98 Å². The Morgan fingerprint density at radius 3 is 2.50 bits per heavy atom. The van der Waals surface area contributed by atoms with Crippen molar-refractivity contribution in [3.63, 3.8) is 0 Å². The highest BCUT2D eigenvalue weighted by molar-refractivity contribution is 5.80. The van der Waals surface area contributed by atoms with Crippen LogP contribution in [-0.4, -0.2) is 25.2 Å². The van der Waals surface area contributed by atoms with Gasteiger partial charge >= 0.3 is 5.97 Å². The third-order valence-electron chi connectivity index (χ3n) is 2.86. The Balaban J connectivity index is 2.21. The number of aromatic nitrogens is 1. The van der Waals surface area contributed by atoms with Crippen LogP contribution in [0.1, 0.15) is 11.6 Å². The van der Waals surface area contributed by atoms with Gasteiger partial charge in [-0.25, -0.2) is 4.79 Å². The van der Waals surface area contributed by atoms with Crippen LogP contribution in [0, 0.1) is 0 Å². The summed E-state index contributed by atoms with van der Waals surface area (Å²) in [5, 5.41) is 3.13. The largest absolute Gasteiger partial charge is 0.497 e. The summed E-state index contributed by atoms with van der Waals surface area (Å²) in [5.74, 6) is 0.389. The van der Waals surface area contributed by atoms with Crippen LogP contribution in [0.2, 0.25) is 0 Å². The third-order valence-corrected chi connectivity index (χ3v) is 2.86. The standard InChI is InChI=1S/C15H16N2O3/c1-19-13-7-5-12(6-8-13)17-14(15(18)20-2)11-4-3-9-16-10-11/h3-10,14,17H,1-2H3/t14-/m1/s1. The zero-order chi connectivity index (χ0) is 14.4. The maximum atomic E-state index is 11.9. The smallest absolute Gasteiger partial charge is 0.333 e.